The number of ether oxygens (including phenoxy) is 1. The molecule has 0 bridgehead atoms. The van der Waals surface area contributed by atoms with Gasteiger partial charge in [0.25, 0.3) is 11.8 Å². The molecule has 0 aromatic heterocycles. The highest BCUT2D eigenvalue weighted by Crippen LogP contribution is 2.22. The second-order valence-electron chi connectivity index (χ2n) is 8.28. The first kappa shape index (κ1) is 20.6. The molecule has 1 aliphatic carbocycles. The molecule has 0 radical (unpaired) electrons. The highest BCUT2D eigenvalue weighted by molar-refractivity contribution is 5.98. The summed E-state index contributed by atoms with van der Waals surface area (Å²) in [5.74, 6) is -1.18. The number of anilines is 1. The van der Waals surface area contributed by atoms with Crippen LogP contribution in [0.15, 0.2) is 48.5 Å². The van der Waals surface area contributed by atoms with Gasteiger partial charge in [-0.1, -0.05) is 39.0 Å². The average Bonchev–Trinajstić information content (AvgIpc) is 3.49. The molecule has 0 saturated heterocycles. The van der Waals surface area contributed by atoms with E-state index < -0.39 is 18.5 Å². The van der Waals surface area contributed by atoms with Crippen molar-refractivity contribution in [3.8, 4) is 0 Å². The topological polar surface area (TPSA) is 84.5 Å². The maximum absolute atomic E-state index is 12.2. The van der Waals surface area contributed by atoms with Gasteiger partial charge >= 0.3 is 5.97 Å². The average molecular weight is 394 g/mol. The molecule has 6 heteroatoms. The lowest BCUT2D eigenvalue weighted by atomic mass is 9.87. The summed E-state index contributed by atoms with van der Waals surface area (Å²) in [6.07, 6.45) is 2.01. The predicted octanol–water partition coefficient (Wildman–Crippen LogP) is 3.67. The van der Waals surface area contributed by atoms with Gasteiger partial charge in [-0.2, -0.15) is 0 Å². The summed E-state index contributed by atoms with van der Waals surface area (Å²) in [4.78, 5) is 36.4. The van der Waals surface area contributed by atoms with Crippen molar-refractivity contribution in [2.45, 2.75) is 45.1 Å². The Morgan fingerprint density at radius 3 is 2.31 bits per heavy atom. The molecule has 0 unspecified atom stereocenters. The fourth-order valence-corrected chi connectivity index (χ4v) is 2.75. The van der Waals surface area contributed by atoms with E-state index in [1.165, 1.54) is 0 Å². The largest absolute Gasteiger partial charge is 0.452 e. The third-order valence-corrected chi connectivity index (χ3v) is 4.64. The maximum atomic E-state index is 12.2. The summed E-state index contributed by atoms with van der Waals surface area (Å²) >= 11 is 0. The zero-order chi connectivity index (χ0) is 21.0. The van der Waals surface area contributed by atoms with E-state index in [-0.39, 0.29) is 17.4 Å². The molecule has 0 spiro atoms. The molecule has 152 valence electrons. The van der Waals surface area contributed by atoms with E-state index >= 15 is 0 Å². The first-order valence-electron chi connectivity index (χ1n) is 9.71. The van der Waals surface area contributed by atoms with Crippen LogP contribution in [0.4, 0.5) is 5.69 Å². The van der Waals surface area contributed by atoms with Crippen molar-refractivity contribution in [1.29, 1.82) is 0 Å². The van der Waals surface area contributed by atoms with E-state index in [0.717, 1.165) is 18.4 Å². The van der Waals surface area contributed by atoms with E-state index in [9.17, 15) is 14.4 Å². The van der Waals surface area contributed by atoms with Crippen LogP contribution >= 0.6 is 0 Å². The molecular weight excluding hydrogens is 368 g/mol. The number of carbonyl (C=O) groups excluding carboxylic acids is 3. The normalized spacial score (nSPS) is 13.5. The van der Waals surface area contributed by atoms with Crippen molar-refractivity contribution in [2.75, 3.05) is 11.9 Å². The zero-order valence-corrected chi connectivity index (χ0v) is 17.0. The van der Waals surface area contributed by atoms with Crippen LogP contribution in [0.3, 0.4) is 0 Å². The molecule has 2 amide bonds. The number of amides is 2. The SMILES string of the molecule is CC(C)(C)c1ccc(C(=O)OCC(=O)Nc2cccc(C(=O)NC3CC3)c2)cc1. The fraction of sp³-hybridized carbons (Fsp3) is 0.348. The Kier molecular flexibility index (Phi) is 6.01. The Hall–Kier alpha value is -3.15. The van der Waals surface area contributed by atoms with Gasteiger partial charge in [-0.15, -0.1) is 0 Å². The quantitative estimate of drug-likeness (QED) is 0.732. The van der Waals surface area contributed by atoms with Gasteiger partial charge < -0.3 is 15.4 Å². The van der Waals surface area contributed by atoms with Crippen LogP contribution in [-0.2, 0) is 14.9 Å². The highest BCUT2D eigenvalue weighted by atomic mass is 16.5. The summed E-state index contributed by atoms with van der Waals surface area (Å²) < 4.78 is 5.10. The van der Waals surface area contributed by atoms with Gasteiger partial charge in [0.15, 0.2) is 6.61 Å². The minimum atomic E-state index is -0.557. The van der Waals surface area contributed by atoms with Crippen molar-refractivity contribution in [3.05, 3.63) is 65.2 Å². The maximum Gasteiger partial charge on any atom is 0.338 e. The molecule has 3 rings (SSSR count). The smallest absolute Gasteiger partial charge is 0.338 e. The Labute approximate surface area is 170 Å². The molecule has 1 saturated carbocycles. The second kappa shape index (κ2) is 8.47. The summed E-state index contributed by atoms with van der Waals surface area (Å²) in [5.41, 5.74) is 2.45. The van der Waals surface area contributed by atoms with Gasteiger partial charge in [-0.05, 0) is 54.2 Å². The van der Waals surface area contributed by atoms with Crippen molar-refractivity contribution in [2.24, 2.45) is 0 Å². The number of nitrogens with one attached hydrogen (secondary N) is 2. The molecule has 29 heavy (non-hydrogen) atoms. The third kappa shape index (κ3) is 5.91. The lowest BCUT2D eigenvalue weighted by molar-refractivity contribution is -0.119. The fourth-order valence-electron chi connectivity index (χ4n) is 2.75. The van der Waals surface area contributed by atoms with Gasteiger partial charge in [0, 0.05) is 17.3 Å². The van der Waals surface area contributed by atoms with Crippen molar-refractivity contribution in [3.63, 3.8) is 0 Å². The van der Waals surface area contributed by atoms with Gasteiger partial charge in [-0.3, -0.25) is 9.59 Å². The van der Waals surface area contributed by atoms with E-state index in [2.05, 4.69) is 31.4 Å². The molecular formula is C23H26N2O4. The van der Waals surface area contributed by atoms with E-state index in [1.807, 2.05) is 12.1 Å². The highest BCUT2D eigenvalue weighted by Gasteiger charge is 2.24. The van der Waals surface area contributed by atoms with Crippen LogP contribution in [0.25, 0.3) is 0 Å². The van der Waals surface area contributed by atoms with Crippen LogP contribution in [0.1, 0.15) is 59.9 Å². The molecule has 0 heterocycles. The van der Waals surface area contributed by atoms with Crippen molar-refractivity contribution < 1.29 is 19.1 Å². The number of hydrogen-bond acceptors (Lipinski definition) is 4. The van der Waals surface area contributed by atoms with Crippen LogP contribution in [0.5, 0.6) is 0 Å². The van der Waals surface area contributed by atoms with Gasteiger partial charge in [0.05, 0.1) is 5.56 Å². The Morgan fingerprint density at radius 1 is 1.00 bits per heavy atom. The summed E-state index contributed by atoms with van der Waals surface area (Å²) in [7, 11) is 0. The second-order valence-corrected chi connectivity index (χ2v) is 8.28. The molecule has 0 atom stereocenters. The number of benzene rings is 2. The van der Waals surface area contributed by atoms with Crippen LogP contribution in [0, 0.1) is 0 Å². The summed E-state index contributed by atoms with van der Waals surface area (Å²) in [6.45, 7) is 5.87. The Bertz CT molecular complexity index is 909. The first-order valence-corrected chi connectivity index (χ1v) is 9.71. The predicted molar refractivity (Wildman–Crippen MR) is 111 cm³/mol. The van der Waals surface area contributed by atoms with E-state index in [0.29, 0.717) is 16.8 Å². The molecule has 2 N–H and O–H groups in total. The van der Waals surface area contributed by atoms with E-state index in [1.54, 1.807) is 36.4 Å². The lowest BCUT2D eigenvalue weighted by Gasteiger charge is -2.18. The van der Waals surface area contributed by atoms with Crippen LogP contribution in [-0.4, -0.2) is 30.4 Å². The first-order chi connectivity index (χ1) is 13.7. The van der Waals surface area contributed by atoms with Crippen LogP contribution in [0.2, 0.25) is 0 Å². The summed E-state index contributed by atoms with van der Waals surface area (Å²) in [5, 5.41) is 5.55. The van der Waals surface area contributed by atoms with Gasteiger partial charge in [0.2, 0.25) is 0 Å². The Morgan fingerprint density at radius 2 is 1.69 bits per heavy atom. The van der Waals surface area contributed by atoms with Crippen molar-refractivity contribution in [1.82, 2.24) is 5.32 Å². The molecule has 1 fully saturated rings. The third-order valence-electron chi connectivity index (χ3n) is 4.64. The minimum absolute atomic E-state index is 0.00752. The monoisotopic (exact) mass is 394 g/mol. The molecule has 0 aliphatic heterocycles. The summed E-state index contributed by atoms with van der Waals surface area (Å²) in [6, 6.07) is 14.1. The molecule has 2 aromatic rings. The number of rotatable bonds is 6. The van der Waals surface area contributed by atoms with Crippen LogP contribution < -0.4 is 10.6 Å². The number of esters is 1. The van der Waals surface area contributed by atoms with Gasteiger partial charge in [-0.25, -0.2) is 4.79 Å². The zero-order valence-electron chi connectivity index (χ0n) is 17.0. The Balaban J connectivity index is 1.51. The molecule has 6 nitrogen and oxygen atoms in total. The number of hydrogen-bond donors (Lipinski definition) is 2. The molecule has 2 aromatic carbocycles. The van der Waals surface area contributed by atoms with E-state index in [4.69, 9.17) is 4.74 Å². The van der Waals surface area contributed by atoms with Crippen molar-refractivity contribution >= 4 is 23.5 Å². The van der Waals surface area contributed by atoms with Gasteiger partial charge in [0.1, 0.15) is 0 Å². The minimum Gasteiger partial charge on any atom is -0.452 e. The molecule has 1 aliphatic rings. The number of carbonyl (C=O) groups is 3. The standard InChI is InChI=1S/C23H26N2O4/c1-23(2,3)17-9-7-15(8-10-17)22(28)29-14-20(26)24-19-6-4-5-16(13-19)21(27)25-18-11-12-18/h4-10,13,18H,11-12,14H2,1-3H3,(H,24,26)(H,25,27). The lowest BCUT2D eigenvalue weighted by Crippen LogP contribution is -2.25.